The minimum atomic E-state index is -1.09. The molecule has 0 saturated carbocycles. The lowest BCUT2D eigenvalue weighted by Gasteiger charge is -2.43. The zero-order valence-electron chi connectivity index (χ0n) is 25.1. The van der Waals surface area contributed by atoms with Crippen molar-refractivity contribution in [3.63, 3.8) is 0 Å². The van der Waals surface area contributed by atoms with Gasteiger partial charge in [-0.15, -0.1) is 0 Å². The molecule has 1 saturated heterocycles. The van der Waals surface area contributed by atoms with E-state index in [0.29, 0.717) is 37.6 Å². The first kappa shape index (κ1) is 32.6. The van der Waals surface area contributed by atoms with Crippen LogP contribution < -0.4 is 10.6 Å². The molecule has 0 aliphatic carbocycles. The van der Waals surface area contributed by atoms with Gasteiger partial charge in [0.2, 0.25) is 11.8 Å². The Morgan fingerprint density at radius 2 is 1.83 bits per heavy atom. The van der Waals surface area contributed by atoms with Crippen molar-refractivity contribution < 1.29 is 28.2 Å². The number of aliphatic hydroxyl groups excluding tert-OH is 1. The van der Waals surface area contributed by atoms with E-state index in [9.17, 15) is 23.5 Å². The predicted molar refractivity (Wildman–Crippen MR) is 155 cm³/mol. The SMILES string of the molecule is CC(=O)N[C@@H](Cc1cc(F)cc(F)c1)[C@H](O)CNC1(c2cccc(C(C)C)c2)CCN(CCOC(C)(C)C)C(=O)C1. The van der Waals surface area contributed by atoms with Gasteiger partial charge in [-0.2, -0.15) is 0 Å². The zero-order chi connectivity index (χ0) is 30.4. The van der Waals surface area contributed by atoms with Gasteiger partial charge in [-0.3, -0.25) is 9.59 Å². The Bertz CT molecular complexity index is 1180. The molecule has 3 N–H and O–H groups in total. The monoisotopic (exact) mass is 573 g/mol. The molecule has 0 spiro atoms. The summed E-state index contributed by atoms with van der Waals surface area (Å²) in [7, 11) is 0. The Labute approximate surface area is 242 Å². The number of hydrogen-bond acceptors (Lipinski definition) is 5. The summed E-state index contributed by atoms with van der Waals surface area (Å²) in [5, 5.41) is 17.4. The number of rotatable bonds is 12. The highest BCUT2D eigenvalue weighted by Crippen LogP contribution is 2.35. The molecule has 1 heterocycles. The number of amides is 2. The highest BCUT2D eigenvalue weighted by Gasteiger charge is 2.41. The molecule has 0 bridgehead atoms. The number of carbonyl (C=O) groups excluding carboxylic acids is 2. The Morgan fingerprint density at radius 3 is 2.41 bits per heavy atom. The number of carbonyl (C=O) groups is 2. The molecule has 41 heavy (non-hydrogen) atoms. The van der Waals surface area contributed by atoms with E-state index < -0.39 is 29.3 Å². The van der Waals surface area contributed by atoms with Crippen LogP contribution in [-0.4, -0.2) is 65.8 Å². The van der Waals surface area contributed by atoms with Crippen molar-refractivity contribution in [1.82, 2.24) is 15.5 Å². The number of nitrogens with one attached hydrogen (secondary N) is 2. The van der Waals surface area contributed by atoms with Gasteiger partial charge in [0.15, 0.2) is 0 Å². The van der Waals surface area contributed by atoms with Gasteiger partial charge in [0.25, 0.3) is 0 Å². The summed E-state index contributed by atoms with van der Waals surface area (Å²) in [6, 6.07) is 10.5. The number of hydrogen-bond donors (Lipinski definition) is 3. The van der Waals surface area contributed by atoms with Crippen molar-refractivity contribution in [1.29, 1.82) is 0 Å². The standard InChI is InChI=1S/C32H45F2N3O4/c1-21(2)24-8-7-9-25(17-24)32(10-11-37(30(40)19-32)12-13-41-31(4,5)6)35-20-29(39)28(36-22(3)38)16-23-14-26(33)18-27(34)15-23/h7-9,14-15,17-18,21,28-29,35,39H,10-13,16,19-20H2,1-6H3,(H,36,38)/t28-,29+,32?/m0/s1. The highest BCUT2D eigenvalue weighted by atomic mass is 19.1. The topological polar surface area (TPSA) is 90.9 Å². The van der Waals surface area contributed by atoms with Crippen LogP contribution in [0, 0.1) is 11.6 Å². The minimum Gasteiger partial charge on any atom is -0.390 e. The maximum absolute atomic E-state index is 13.8. The van der Waals surface area contributed by atoms with Crippen LogP contribution in [-0.2, 0) is 26.3 Å². The normalized spacial score (nSPS) is 19.4. The van der Waals surface area contributed by atoms with Crippen molar-refractivity contribution in [2.45, 2.75) is 90.0 Å². The molecule has 0 aromatic heterocycles. The Morgan fingerprint density at radius 1 is 1.15 bits per heavy atom. The van der Waals surface area contributed by atoms with Gasteiger partial charge in [-0.1, -0.05) is 38.1 Å². The van der Waals surface area contributed by atoms with Crippen molar-refractivity contribution in [2.75, 3.05) is 26.2 Å². The molecule has 0 radical (unpaired) electrons. The molecule has 1 fully saturated rings. The number of likely N-dealkylation sites (tertiary alicyclic amines) is 1. The Balaban J connectivity index is 1.82. The van der Waals surface area contributed by atoms with E-state index in [0.717, 1.165) is 17.2 Å². The summed E-state index contributed by atoms with van der Waals surface area (Å²) in [6.07, 6.45) is -0.254. The summed E-state index contributed by atoms with van der Waals surface area (Å²) in [5.74, 6) is -1.54. The molecule has 3 rings (SSSR count). The summed E-state index contributed by atoms with van der Waals surface area (Å²) in [6.45, 7) is 13.0. The molecule has 3 atom stereocenters. The molecule has 1 unspecified atom stereocenters. The molecule has 9 heteroatoms. The van der Waals surface area contributed by atoms with E-state index in [1.165, 1.54) is 19.1 Å². The molecule has 2 aromatic carbocycles. The van der Waals surface area contributed by atoms with E-state index >= 15 is 0 Å². The van der Waals surface area contributed by atoms with E-state index in [2.05, 4.69) is 36.6 Å². The smallest absolute Gasteiger partial charge is 0.224 e. The van der Waals surface area contributed by atoms with Gasteiger partial charge in [0.1, 0.15) is 11.6 Å². The second-order valence-corrected chi connectivity index (χ2v) is 12.4. The van der Waals surface area contributed by atoms with Crippen molar-refractivity contribution in [3.8, 4) is 0 Å². The maximum atomic E-state index is 13.8. The predicted octanol–water partition coefficient (Wildman–Crippen LogP) is 4.42. The molecule has 2 amide bonds. The second kappa shape index (κ2) is 13.9. The first-order chi connectivity index (χ1) is 19.2. The van der Waals surface area contributed by atoms with Gasteiger partial charge in [-0.25, -0.2) is 8.78 Å². The summed E-state index contributed by atoms with van der Waals surface area (Å²) in [5.41, 5.74) is 1.38. The average Bonchev–Trinajstić information content (AvgIpc) is 2.86. The summed E-state index contributed by atoms with van der Waals surface area (Å²) in [4.78, 5) is 27.2. The van der Waals surface area contributed by atoms with Gasteiger partial charge >= 0.3 is 0 Å². The first-order valence-corrected chi connectivity index (χ1v) is 14.3. The molecular weight excluding hydrogens is 528 g/mol. The van der Waals surface area contributed by atoms with E-state index in [1.807, 2.05) is 37.8 Å². The second-order valence-electron chi connectivity index (χ2n) is 12.4. The summed E-state index contributed by atoms with van der Waals surface area (Å²) >= 11 is 0. The number of halogens is 2. The third-order valence-corrected chi connectivity index (χ3v) is 7.50. The molecule has 226 valence electrons. The fraction of sp³-hybridized carbons (Fsp3) is 0.562. The minimum absolute atomic E-state index is 0.0145. The Hall–Kier alpha value is -2.88. The van der Waals surface area contributed by atoms with E-state index in [-0.39, 0.29) is 36.8 Å². The third-order valence-electron chi connectivity index (χ3n) is 7.50. The lowest BCUT2D eigenvalue weighted by atomic mass is 9.79. The number of benzene rings is 2. The molecule has 7 nitrogen and oxygen atoms in total. The van der Waals surface area contributed by atoms with E-state index in [1.54, 1.807) is 0 Å². The van der Waals surface area contributed by atoms with Crippen LogP contribution in [0.3, 0.4) is 0 Å². The van der Waals surface area contributed by atoms with Gasteiger partial charge < -0.3 is 25.4 Å². The number of aliphatic hydroxyl groups is 1. The average molecular weight is 574 g/mol. The van der Waals surface area contributed by atoms with Gasteiger partial charge in [0.05, 0.1) is 29.9 Å². The molecule has 1 aliphatic heterocycles. The zero-order valence-corrected chi connectivity index (χ0v) is 25.1. The number of ether oxygens (including phenoxy) is 1. The number of nitrogens with zero attached hydrogens (tertiary/aromatic N) is 1. The molecule has 1 aliphatic rings. The van der Waals surface area contributed by atoms with Gasteiger partial charge in [-0.05, 0) is 68.4 Å². The van der Waals surface area contributed by atoms with Crippen molar-refractivity contribution in [3.05, 3.63) is 70.8 Å². The van der Waals surface area contributed by atoms with Crippen molar-refractivity contribution >= 4 is 11.8 Å². The maximum Gasteiger partial charge on any atom is 0.224 e. The first-order valence-electron chi connectivity index (χ1n) is 14.3. The fourth-order valence-corrected chi connectivity index (χ4v) is 5.27. The fourth-order valence-electron chi connectivity index (χ4n) is 5.27. The lowest BCUT2D eigenvalue weighted by Crippen LogP contribution is -2.57. The quantitative estimate of drug-likeness (QED) is 0.350. The van der Waals surface area contributed by atoms with Crippen LogP contribution in [0.5, 0.6) is 0 Å². The van der Waals surface area contributed by atoms with Gasteiger partial charge in [0, 0.05) is 39.0 Å². The van der Waals surface area contributed by atoms with Crippen LogP contribution in [0.1, 0.15) is 77.0 Å². The largest absolute Gasteiger partial charge is 0.390 e. The number of piperidine rings is 1. The van der Waals surface area contributed by atoms with Crippen LogP contribution in [0.25, 0.3) is 0 Å². The molecular formula is C32H45F2N3O4. The molecule has 2 aromatic rings. The van der Waals surface area contributed by atoms with Crippen LogP contribution in [0.4, 0.5) is 8.78 Å². The lowest BCUT2D eigenvalue weighted by molar-refractivity contribution is -0.138. The van der Waals surface area contributed by atoms with Crippen LogP contribution in [0.2, 0.25) is 0 Å². The van der Waals surface area contributed by atoms with Crippen LogP contribution >= 0.6 is 0 Å². The highest BCUT2D eigenvalue weighted by molar-refractivity contribution is 5.79. The summed E-state index contributed by atoms with van der Waals surface area (Å²) < 4.78 is 33.5. The van der Waals surface area contributed by atoms with Crippen molar-refractivity contribution in [2.24, 2.45) is 0 Å². The Kier molecular flexibility index (Phi) is 11.0. The van der Waals surface area contributed by atoms with Crippen LogP contribution in [0.15, 0.2) is 42.5 Å². The third kappa shape index (κ3) is 9.58. The van der Waals surface area contributed by atoms with E-state index in [4.69, 9.17) is 4.74 Å².